The number of nitrogens with zero attached hydrogens (tertiary/aromatic N) is 1. The van der Waals surface area contributed by atoms with Gasteiger partial charge in [0.25, 0.3) is 0 Å². The van der Waals surface area contributed by atoms with Crippen LogP contribution in [0.1, 0.15) is 70.6 Å². The summed E-state index contributed by atoms with van der Waals surface area (Å²) in [5.74, 6) is -0.922. The van der Waals surface area contributed by atoms with Crippen molar-refractivity contribution in [2.75, 3.05) is 6.54 Å². The van der Waals surface area contributed by atoms with Crippen LogP contribution < -0.4 is 5.32 Å². The zero-order valence-corrected chi connectivity index (χ0v) is 12.9. The van der Waals surface area contributed by atoms with Crippen molar-refractivity contribution >= 4 is 12.0 Å². The van der Waals surface area contributed by atoms with E-state index in [1.165, 1.54) is 19.3 Å². The van der Waals surface area contributed by atoms with Crippen LogP contribution in [0.2, 0.25) is 0 Å². The highest BCUT2D eigenvalue weighted by atomic mass is 16.4. The predicted octanol–water partition coefficient (Wildman–Crippen LogP) is 3.14. The molecule has 21 heavy (non-hydrogen) atoms. The van der Waals surface area contributed by atoms with Gasteiger partial charge < -0.3 is 15.3 Å². The summed E-state index contributed by atoms with van der Waals surface area (Å²) in [6.07, 6.45) is 12.2. The summed E-state index contributed by atoms with van der Waals surface area (Å²) in [5, 5.41) is 12.2. The van der Waals surface area contributed by atoms with Gasteiger partial charge in [-0.05, 0) is 25.7 Å². The summed E-state index contributed by atoms with van der Waals surface area (Å²) >= 11 is 0. The Labute approximate surface area is 127 Å². The molecule has 2 aliphatic carbocycles. The van der Waals surface area contributed by atoms with Crippen LogP contribution in [0.5, 0.6) is 0 Å². The molecule has 120 valence electrons. The first-order valence-corrected chi connectivity index (χ1v) is 8.46. The summed E-state index contributed by atoms with van der Waals surface area (Å²) in [4.78, 5) is 25.1. The zero-order valence-electron chi connectivity index (χ0n) is 12.9. The highest BCUT2D eigenvalue weighted by molar-refractivity contribution is 5.80. The standard InChI is InChI=1S/C16H28N2O3/c19-15(20)12-18(14-10-6-7-11-14)16(21)17-13-8-4-2-1-3-5-9-13/h13-14H,1-12H2,(H,17,21)(H,19,20). The molecule has 5 nitrogen and oxygen atoms in total. The maximum absolute atomic E-state index is 12.5. The highest BCUT2D eigenvalue weighted by Gasteiger charge is 2.29. The molecule has 2 fully saturated rings. The fraction of sp³-hybridized carbons (Fsp3) is 0.875. The number of rotatable bonds is 4. The summed E-state index contributed by atoms with van der Waals surface area (Å²) in [6.45, 7) is -0.177. The van der Waals surface area contributed by atoms with E-state index in [0.29, 0.717) is 0 Å². The number of urea groups is 1. The summed E-state index contributed by atoms with van der Waals surface area (Å²) in [6, 6.07) is 0.153. The average molecular weight is 296 g/mol. The average Bonchev–Trinajstić information content (AvgIpc) is 2.92. The van der Waals surface area contributed by atoms with E-state index < -0.39 is 5.97 Å². The van der Waals surface area contributed by atoms with Crippen LogP contribution in [0.25, 0.3) is 0 Å². The molecule has 0 spiro atoms. The first kappa shape index (κ1) is 16.1. The minimum atomic E-state index is -0.922. The Kier molecular flexibility index (Phi) is 6.33. The molecule has 0 aromatic rings. The van der Waals surface area contributed by atoms with Crippen LogP contribution in [0.4, 0.5) is 4.79 Å². The third-order valence-electron chi connectivity index (χ3n) is 4.76. The van der Waals surface area contributed by atoms with Gasteiger partial charge in [-0.2, -0.15) is 0 Å². The van der Waals surface area contributed by atoms with Crippen LogP contribution in [-0.2, 0) is 4.79 Å². The number of carboxylic acids is 1. The van der Waals surface area contributed by atoms with Crippen LogP contribution in [0.15, 0.2) is 0 Å². The topological polar surface area (TPSA) is 69.6 Å². The van der Waals surface area contributed by atoms with Gasteiger partial charge in [-0.15, -0.1) is 0 Å². The maximum atomic E-state index is 12.5. The van der Waals surface area contributed by atoms with Crippen molar-refractivity contribution in [2.24, 2.45) is 0 Å². The number of hydrogen-bond acceptors (Lipinski definition) is 2. The third kappa shape index (κ3) is 5.21. The first-order chi connectivity index (χ1) is 10.2. The Morgan fingerprint density at radius 3 is 2.00 bits per heavy atom. The number of carboxylic acid groups (broad SMARTS) is 1. The highest BCUT2D eigenvalue weighted by Crippen LogP contribution is 2.24. The van der Waals surface area contributed by atoms with Gasteiger partial charge in [0, 0.05) is 12.1 Å². The Morgan fingerprint density at radius 2 is 1.43 bits per heavy atom. The number of carbonyl (C=O) groups excluding carboxylic acids is 1. The molecule has 2 rings (SSSR count). The molecule has 0 unspecified atom stereocenters. The first-order valence-electron chi connectivity index (χ1n) is 8.46. The van der Waals surface area contributed by atoms with E-state index >= 15 is 0 Å². The van der Waals surface area contributed by atoms with Crippen LogP contribution in [0, 0.1) is 0 Å². The normalized spacial score (nSPS) is 21.5. The molecule has 0 bridgehead atoms. The summed E-state index contributed by atoms with van der Waals surface area (Å²) in [5.41, 5.74) is 0. The minimum Gasteiger partial charge on any atom is -0.480 e. The second-order valence-corrected chi connectivity index (χ2v) is 6.45. The van der Waals surface area contributed by atoms with Gasteiger partial charge in [0.05, 0.1) is 0 Å². The molecule has 0 heterocycles. The lowest BCUT2D eigenvalue weighted by molar-refractivity contribution is -0.138. The van der Waals surface area contributed by atoms with E-state index in [9.17, 15) is 9.59 Å². The number of aliphatic carboxylic acids is 1. The molecule has 2 amide bonds. The molecular weight excluding hydrogens is 268 g/mol. The Bertz CT molecular complexity index is 345. The minimum absolute atomic E-state index is 0.106. The maximum Gasteiger partial charge on any atom is 0.323 e. The quantitative estimate of drug-likeness (QED) is 0.837. The van der Waals surface area contributed by atoms with Gasteiger partial charge in [0.15, 0.2) is 0 Å². The summed E-state index contributed by atoms with van der Waals surface area (Å²) in [7, 11) is 0. The molecule has 0 radical (unpaired) electrons. The van der Waals surface area contributed by atoms with E-state index in [0.717, 1.165) is 51.4 Å². The molecule has 2 saturated carbocycles. The van der Waals surface area contributed by atoms with Gasteiger partial charge >= 0.3 is 12.0 Å². The van der Waals surface area contributed by atoms with E-state index in [1.807, 2.05) is 0 Å². The molecule has 0 atom stereocenters. The number of amides is 2. The predicted molar refractivity (Wildman–Crippen MR) is 81.2 cm³/mol. The van der Waals surface area contributed by atoms with Gasteiger partial charge in [-0.3, -0.25) is 4.79 Å². The molecule has 0 aliphatic heterocycles. The fourth-order valence-corrected chi connectivity index (χ4v) is 3.59. The van der Waals surface area contributed by atoms with E-state index in [-0.39, 0.29) is 24.7 Å². The van der Waals surface area contributed by atoms with Crippen molar-refractivity contribution in [3.05, 3.63) is 0 Å². The molecule has 0 aromatic heterocycles. The Balaban J connectivity index is 1.91. The van der Waals surface area contributed by atoms with Crippen molar-refractivity contribution in [3.63, 3.8) is 0 Å². The van der Waals surface area contributed by atoms with Gasteiger partial charge in [-0.1, -0.05) is 44.9 Å². The van der Waals surface area contributed by atoms with E-state index in [2.05, 4.69) is 5.32 Å². The van der Waals surface area contributed by atoms with Gasteiger partial charge in [0.2, 0.25) is 0 Å². The monoisotopic (exact) mass is 296 g/mol. The van der Waals surface area contributed by atoms with Gasteiger partial charge in [-0.25, -0.2) is 4.79 Å². The number of nitrogens with one attached hydrogen (secondary N) is 1. The molecular formula is C16H28N2O3. The van der Waals surface area contributed by atoms with E-state index in [1.54, 1.807) is 4.90 Å². The smallest absolute Gasteiger partial charge is 0.323 e. The molecule has 5 heteroatoms. The second-order valence-electron chi connectivity index (χ2n) is 6.45. The van der Waals surface area contributed by atoms with Crippen molar-refractivity contribution in [1.29, 1.82) is 0 Å². The molecule has 2 aliphatic rings. The Morgan fingerprint density at radius 1 is 0.905 bits per heavy atom. The van der Waals surface area contributed by atoms with Crippen molar-refractivity contribution < 1.29 is 14.7 Å². The SMILES string of the molecule is O=C(O)CN(C(=O)NC1CCCCCCC1)C1CCCC1. The van der Waals surface area contributed by atoms with Gasteiger partial charge in [0.1, 0.15) is 6.54 Å². The molecule has 2 N–H and O–H groups in total. The van der Waals surface area contributed by atoms with Crippen molar-refractivity contribution in [1.82, 2.24) is 10.2 Å². The number of hydrogen-bond donors (Lipinski definition) is 2. The number of carbonyl (C=O) groups is 2. The van der Waals surface area contributed by atoms with E-state index in [4.69, 9.17) is 5.11 Å². The second kappa shape index (κ2) is 8.25. The lowest BCUT2D eigenvalue weighted by atomic mass is 9.97. The van der Waals surface area contributed by atoms with Crippen LogP contribution >= 0.6 is 0 Å². The summed E-state index contributed by atoms with van der Waals surface area (Å²) < 4.78 is 0. The molecule has 0 aromatic carbocycles. The lowest BCUT2D eigenvalue weighted by Crippen LogP contribution is -2.50. The van der Waals surface area contributed by atoms with Crippen molar-refractivity contribution in [2.45, 2.75) is 82.7 Å². The van der Waals surface area contributed by atoms with Crippen LogP contribution in [0.3, 0.4) is 0 Å². The molecule has 0 saturated heterocycles. The zero-order chi connectivity index (χ0) is 15.1. The largest absolute Gasteiger partial charge is 0.480 e. The van der Waals surface area contributed by atoms with Crippen LogP contribution in [-0.4, -0.2) is 40.6 Å². The van der Waals surface area contributed by atoms with Crippen molar-refractivity contribution in [3.8, 4) is 0 Å². The Hall–Kier alpha value is -1.26. The third-order valence-corrected chi connectivity index (χ3v) is 4.76. The fourth-order valence-electron chi connectivity index (χ4n) is 3.59. The lowest BCUT2D eigenvalue weighted by Gasteiger charge is -2.30.